The van der Waals surface area contributed by atoms with Crippen molar-refractivity contribution in [2.45, 2.75) is 39.5 Å². The zero-order valence-electron chi connectivity index (χ0n) is 21.4. The Morgan fingerprint density at radius 2 is 1.57 bits per heavy atom. The topological polar surface area (TPSA) is 95.0 Å². The number of carbonyl (C=O) groups excluding carboxylic acids is 4. The van der Waals surface area contributed by atoms with Crippen LogP contribution in [0.4, 0.5) is 5.69 Å². The molecular weight excluding hydrogens is 468 g/mol. The van der Waals surface area contributed by atoms with Gasteiger partial charge in [-0.1, -0.05) is 42.0 Å². The summed E-state index contributed by atoms with van der Waals surface area (Å²) in [4.78, 5) is 56.9. The number of para-hydroxylation sites is 1. The van der Waals surface area contributed by atoms with Crippen molar-refractivity contribution in [1.29, 1.82) is 0 Å². The SMILES string of the molecule is Cc1cc(C2C3=CCC4C(=O)N(C)C(=O)C4C3CC3C(=O)N(c4ccccc4)C(=O)C32C)cc(C)c1O. The van der Waals surface area contributed by atoms with Crippen LogP contribution in [0.5, 0.6) is 5.75 Å². The standard InChI is InChI=1S/C30H30N2O5/c1-15-12-17(13-16(2)25(15)33)24-19-10-11-20-23(28(36)31(4)26(20)34)21(19)14-22-27(35)32(29(37)30(22,24)3)18-8-6-5-7-9-18/h5-10,12-13,20-24,33H,11,14H2,1-4H3. The quantitative estimate of drug-likeness (QED) is 0.501. The number of phenolic OH excluding ortho intramolecular Hbond substituents is 1. The molecule has 0 aromatic heterocycles. The van der Waals surface area contributed by atoms with Crippen LogP contribution >= 0.6 is 0 Å². The molecule has 37 heavy (non-hydrogen) atoms. The fourth-order valence-corrected chi connectivity index (χ4v) is 7.53. The van der Waals surface area contributed by atoms with Crippen LogP contribution in [0.15, 0.2) is 54.1 Å². The zero-order valence-corrected chi connectivity index (χ0v) is 21.4. The van der Waals surface area contributed by atoms with Gasteiger partial charge in [0.05, 0.1) is 28.9 Å². The molecule has 2 heterocycles. The molecule has 2 aliphatic carbocycles. The van der Waals surface area contributed by atoms with Gasteiger partial charge in [-0.15, -0.1) is 0 Å². The van der Waals surface area contributed by atoms with Gasteiger partial charge in [-0.25, -0.2) is 4.90 Å². The van der Waals surface area contributed by atoms with Crippen LogP contribution in [0.25, 0.3) is 0 Å². The monoisotopic (exact) mass is 498 g/mol. The number of imide groups is 2. The fraction of sp³-hybridized carbons (Fsp3) is 0.400. The van der Waals surface area contributed by atoms with Crippen LogP contribution in [-0.2, 0) is 19.2 Å². The second-order valence-electron chi connectivity index (χ2n) is 11.2. The highest BCUT2D eigenvalue weighted by Gasteiger charge is 2.67. The van der Waals surface area contributed by atoms with E-state index in [4.69, 9.17) is 0 Å². The highest BCUT2D eigenvalue weighted by Crippen LogP contribution is 2.63. The van der Waals surface area contributed by atoms with E-state index in [1.807, 2.05) is 45.0 Å². The van der Waals surface area contributed by atoms with Crippen molar-refractivity contribution < 1.29 is 24.3 Å². The van der Waals surface area contributed by atoms with E-state index in [0.717, 1.165) is 11.1 Å². The van der Waals surface area contributed by atoms with E-state index >= 15 is 0 Å². The first-order valence-corrected chi connectivity index (χ1v) is 12.8. The Morgan fingerprint density at radius 1 is 0.919 bits per heavy atom. The Bertz CT molecular complexity index is 1390. The predicted molar refractivity (Wildman–Crippen MR) is 136 cm³/mol. The summed E-state index contributed by atoms with van der Waals surface area (Å²) in [6, 6.07) is 12.7. The van der Waals surface area contributed by atoms with Gasteiger partial charge in [-0.2, -0.15) is 0 Å². The van der Waals surface area contributed by atoms with Crippen molar-refractivity contribution in [3.63, 3.8) is 0 Å². The predicted octanol–water partition coefficient (Wildman–Crippen LogP) is 3.87. The minimum Gasteiger partial charge on any atom is -0.507 e. The number of allylic oxidation sites excluding steroid dienone is 2. The van der Waals surface area contributed by atoms with Crippen molar-refractivity contribution in [2.75, 3.05) is 11.9 Å². The summed E-state index contributed by atoms with van der Waals surface area (Å²) in [6.07, 6.45) is 2.82. The normalized spacial score (nSPS) is 32.9. The lowest BCUT2D eigenvalue weighted by molar-refractivity contribution is -0.138. The van der Waals surface area contributed by atoms with Crippen molar-refractivity contribution in [2.24, 2.45) is 29.1 Å². The number of hydrogen-bond acceptors (Lipinski definition) is 5. The molecule has 2 aromatic carbocycles. The molecule has 4 amide bonds. The number of likely N-dealkylation sites (tertiary alicyclic amines) is 1. The first-order valence-electron chi connectivity index (χ1n) is 12.8. The molecule has 0 bridgehead atoms. The van der Waals surface area contributed by atoms with Gasteiger partial charge in [-0.3, -0.25) is 24.1 Å². The number of benzene rings is 2. The van der Waals surface area contributed by atoms with E-state index in [1.54, 1.807) is 24.3 Å². The molecule has 7 nitrogen and oxygen atoms in total. The average Bonchev–Trinajstić information content (AvgIpc) is 3.22. The summed E-state index contributed by atoms with van der Waals surface area (Å²) in [7, 11) is 1.53. The molecule has 0 spiro atoms. The number of fused-ring (bicyclic) bond motifs is 4. The summed E-state index contributed by atoms with van der Waals surface area (Å²) in [6.45, 7) is 5.52. The van der Waals surface area contributed by atoms with Gasteiger partial charge in [0, 0.05) is 13.0 Å². The minimum absolute atomic E-state index is 0.175. The van der Waals surface area contributed by atoms with E-state index in [0.29, 0.717) is 29.7 Å². The maximum absolute atomic E-state index is 14.3. The molecule has 2 saturated heterocycles. The molecule has 6 rings (SSSR count). The van der Waals surface area contributed by atoms with Crippen LogP contribution in [0.2, 0.25) is 0 Å². The summed E-state index contributed by atoms with van der Waals surface area (Å²) >= 11 is 0. The zero-order chi connectivity index (χ0) is 26.4. The molecule has 1 saturated carbocycles. The maximum atomic E-state index is 14.3. The van der Waals surface area contributed by atoms with Crippen molar-refractivity contribution in [3.05, 3.63) is 70.8 Å². The molecular formula is C30H30N2O5. The second kappa shape index (κ2) is 7.88. The van der Waals surface area contributed by atoms with Gasteiger partial charge < -0.3 is 5.11 Å². The Morgan fingerprint density at radius 3 is 2.22 bits per heavy atom. The number of amides is 4. The third kappa shape index (κ3) is 3.00. The fourth-order valence-electron chi connectivity index (χ4n) is 7.53. The maximum Gasteiger partial charge on any atom is 0.241 e. The van der Waals surface area contributed by atoms with Gasteiger partial charge in [0.15, 0.2) is 0 Å². The third-order valence-electron chi connectivity index (χ3n) is 9.36. The van der Waals surface area contributed by atoms with Crippen LogP contribution < -0.4 is 4.90 Å². The Kier molecular flexibility index (Phi) is 5.03. The number of anilines is 1. The number of aromatic hydroxyl groups is 1. The molecule has 1 N–H and O–H groups in total. The highest BCUT2D eigenvalue weighted by atomic mass is 16.3. The van der Waals surface area contributed by atoms with Gasteiger partial charge >= 0.3 is 0 Å². The minimum atomic E-state index is -1.07. The largest absolute Gasteiger partial charge is 0.507 e. The lowest BCUT2D eigenvalue weighted by atomic mass is 9.51. The van der Waals surface area contributed by atoms with E-state index in [1.165, 1.54) is 16.8 Å². The van der Waals surface area contributed by atoms with Gasteiger partial charge in [-0.05, 0) is 68.4 Å². The Labute approximate surface area is 215 Å². The van der Waals surface area contributed by atoms with E-state index < -0.39 is 29.1 Å². The average molecular weight is 499 g/mol. The molecule has 6 atom stereocenters. The van der Waals surface area contributed by atoms with Crippen LogP contribution in [0, 0.1) is 42.9 Å². The molecule has 4 aliphatic rings. The Hall–Kier alpha value is -3.74. The number of hydrogen-bond donors (Lipinski definition) is 1. The summed E-state index contributed by atoms with van der Waals surface area (Å²) in [5.41, 5.74) is 2.64. The summed E-state index contributed by atoms with van der Waals surface area (Å²) in [5.74, 6) is -3.08. The first kappa shape index (κ1) is 23.6. The van der Waals surface area contributed by atoms with E-state index in [9.17, 15) is 24.3 Å². The summed E-state index contributed by atoms with van der Waals surface area (Å²) < 4.78 is 0. The number of nitrogens with zero attached hydrogens (tertiary/aromatic N) is 2. The molecule has 190 valence electrons. The second-order valence-corrected chi connectivity index (χ2v) is 11.2. The third-order valence-corrected chi connectivity index (χ3v) is 9.36. The van der Waals surface area contributed by atoms with E-state index in [2.05, 4.69) is 0 Å². The Balaban J connectivity index is 1.57. The molecule has 0 radical (unpaired) electrons. The van der Waals surface area contributed by atoms with Crippen molar-refractivity contribution in [3.8, 4) is 5.75 Å². The number of phenols is 1. The number of carbonyl (C=O) groups is 4. The van der Waals surface area contributed by atoms with Crippen LogP contribution in [0.1, 0.15) is 42.4 Å². The van der Waals surface area contributed by atoms with Crippen LogP contribution in [-0.4, -0.2) is 40.7 Å². The molecule has 7 heteroatoms. The summed E-state index contributed by atoms with van der Waals surface area (Å²) in [5, 5.41) is 10.5. The lowest BCUT2D eigenvalue weighted by Gasteiger charge is -2.49. The lowest BCUT2D eigenvalue weighted by Crippen LogP contribution is -2.48. The number of rotatable bonds is 2. The van der Waals surface area contributed by atoms with Gasteiger partial charge in [0.25, 0.3) is 0 Å². The highest BCUT2D eigenvalue weighted by molar-refractivity contribution is 6.24. The van der Waals surface area contributed by atoms with Gasteiger partial charge in [0.1, 0.15) is 5.75 Å². The van der Waals surface area contributed by atoms with Crippen molar-refractivity contribution >= 4 is 29.3 Å². The molecule has 3 fully saturated rings. The van der Waals surface area contributed by atoms with Crippen LogP contribution in [0.3, 0.4) is 0 Å². The molecule has 2 aliphatic heterocycles. The first-order chi connectivity index (χ1) is 17.6. The van der Waals surface area contributed by atoms with E-state index in [-0.39, 0.29) is 35.3 Å². The smallest absolute Gasteiger partial charge is 0.241 e. The number of aryl methyl sites for hydroxylation is 2. The molecule has 6 unspecified atom stereocenters. The van der Waals surface area contributed by atoms with Crippen molar-refractivity contribution in [1.82, 2.24) is 4.90 Å². The molecule has 2 aromatic rings. The van der Waals surface area contributed by atoms with Gasteiger partial charge in [0.2, 0.25) is 23.6 Å².